The van der Waals surface area contributed by atoms with Gasteiger partial charge >= 0.3 is 37.9 Å². The van der Waals surface area contributed by atoms with Crippen LogP contribution in [0.1, 0.15) is 27.7 Å². The van der Waals surface area contributed by atoms with Crippen molar-refractivity contribution in [1.82, 2.24) is 0 Å². The van der Waals surface area contributed by atoms with Gasteiger partial charge in [-0.15, -0.1) is 12.2 Å². The molecule has 1 aromatic carbocycles. The minimum atomic E-state index is -0.826. The maximum atomic E-state index is 4.93. The van der Waals surface area contributed by atoms with E-state index in [0.29, 0.717) is 5.92 Å². The van der Waals surface area contributed by atoms with Crippen LogP contribution >= 0.6 is 35.2 Å². The summed E-state index contributed by atoms with van der Waals surface area (Å²) in [7, 11) is 11.6. The van der Waals surface area contributed by atoms with Crippen molar-refractivity contribution in [3.05, 3.63) is 52.6 Å². The van der Waals surface area contributed by atoms with Gasteiger partial charge in [0, 0.05) is 0 Å². The molecule has 2 rings (SSSR count). The fraction of sp³-hybridized carbons (Fsp3) is 0.412. The molecule has 0 heterocycles. The van der Waals surface area contributed by atoms with Crippen LogP contribution in [0, 0.1) is 5.92 Å². The van der Waals surface area contributed by atoms with Crippen LogP contribution in [0.4, 0.5) is 0 Å². The molecular formula is C17H25Cl2PS2SiZr. The quantitative estimate of drug-likeness (QED) is 0.260. The van der Waals surface area contributed by atoms with Gasteiger partial charge in [-0.05, 0) is 61.6 Å². The predicted octanol–water partition coefficient (Wildman–Crippen LogP) is 6.67. The van der Waals surface area contributed by atoms with Gasteiger partial charge < -0.3 is 0 Å². The Balaban J connectivity index is 0.000000891. The third-order valence-electron chi connectivity index (χ3n) is 4.54. The summed E-state index contributed by atoms with van der Waals surface area (Å²) in [6.45, 7) is 11.7. The van der Waals surface area contributed by atoms with Crippen molar-refractivity contribution in [2.45, 2.75) is 40.3 Å². The molecule has 1 aliphatic rings. The number of benzene rings is 1. The van der Waals surface area contributed by atoms with Crippen LogP contribution in [0.2, 0.25) is 12.6 Å². The van der Waals surface area contributed by atoms with Crippen molar-refractivity contribution in [3.8, 4) is 0 Å². The number of thiol groups is 1. The molecule has 1 aromatic rings. The SMILES string of the molecule is CC1=C(C)C(C)C(C[Si](C)=S=[PH](S)c2ccccc2)=C1C.[Cl][Zr][Cl]. The number of halogens is 2. The van der Waals surface area contributed by atoms with E-state index in [0.717, 1.165) is 0 Å². The Labute approximate surface area is 176 Å². The van der Waals surface area contributed by atoms with E-state index < -0.39 is 34.3 Å². The molecule has 132 valence electrons. The van der Waals surface area contributed by atoms with Gasteiger partial charge in [-0.25, -0.2) is 0 Å². The van der Waals surface area contributed by atoms with E-state index in [1.54, 1.807) is 16.7 Å². The first-order chi connectivity index (χ1) is 11.3. The van der Waals surface area contributed by atoms with Crippen LogP contribution < -0.4 is 5.30 Å². The Morgan fingerprint density at radius 3 is 2.17 bits per heavy atom. The van der Waals surface area contributed by atoms with Crippen molar-refractivity contribution in [1.29, 1.82) is 0 Å². The van der Waals surface area contributed by atoms with Crippen LogP contribution in [-0.2, 0) is 30.8 Å². The molecular weight excluding hydrogens is 490 g/mol. The molecule has 0 fully saturated rings. The predicted molar refractivity (Wildman–Crippen MR) is 119 cm³/mol. The van der Waals surface area contributed by atoms with Crippen LogP contribution in [0.5, 0.6) is 0 Å². The summed E-state index contributed by atoms with van der Waals surface area (Å²) in [5.74, 6) is -0.0975. The normalized spacial score (nSPS) is 18.1. The number of hydrogen-bond donors (Lipinski definition) is 1. The maximum absolute atomic E-state index is 4.93. The van der Waals surface area contributed by atoms with Crippen LogP contribution in [0.25, 0.3) is 0 Å². The molecule has 0 saturated carbocycles. The van der Waals surface area contributed by atoms with E-state index in [4.69, 9.17) is 29.3 Å². The minimum absolute atomic E-state index is 0.429. The molecule has 0 saturated heterocycles. The van der Waals surface area contributed by atoms with Gasteiger partial charge in [-0.1, -0.05) is 48.4 Å². The van der Waals surface area contributed by atoms with E-state index >= 15 is 0 Å². The average Bonchev–Trinajstić information content (AvgIpc) is 2.74. The fourth-order valence-electron chi connectivity index (χ4n) is 2.84. The van der Waals surface area contributed by atoms with Crippen molar-refractivity contribution < 1.29 is 20.8 Å². The van der Waals surface area contributed by atoms with E-state index in [2.05, 4.69) is 74.5 Å². The molecule has 0 nitrogen and oxygen atoms in total. The second kappa shape index (κ2) is 12.0. The summed E-state index contributed by atoms with van der Waals surface area (Å²) < 4.78 is 0. The summed E-state index contributed by atoms with van der Waals surface area (Å²) in [5.41, 5.74) is 6.33. The Kier molecular flexibility index (Phi) is 11.7. The first kappa shape index (κ1) is 23.4. The zero-order valence-corrected chi connectivity index (χ0v) is 22.5. The molecule has 0 radical (unpaired) electrons. The van der Waals surface area contributed by atoms with Crippen molar-refractivity contribution in [2.75, 3.05) is 0 Å². The average molecular weight is 515 g/mol. The molecule has 7 heteroatoms. The van der Waals surface area contributed by atoms with Crippen molar-refractivity contribution in [3.63, 3.8) is 0 Å². The molecule has 0 bridgehead atoms. The van der Waals surface area contributed by atoms with Gasteiger partial charge in [0.2, 0.25) is 0 Å². The van der Waals surface area contributed by atoms with E-state index in [1.165, 1.54) is 16.9 Å². The molecule has 2 atom stereocenters. The van der Waals surface area contributed by atoms with Gasteiger partial charge in [0.1, 0.15) is 0 Å². The first-order valence-electron chi connectivity index (χ1n) is 7.78. The van der Waals surface area contributed by atoms with Gasteiger partial charge in [0.05, 0.1) is 7.50 Å². The molecule has 0 aromatic heterocycles. The summed E-state index contributed by atoms with van der Waals surface area (Å²) >= 11 is 4.07. The standard InChI is InChI=1S/C17H25PS2Si.2ClH.Zr/c1-12-13(2)15(4)17(14(12)3)11-21(5)20-18(19)16-9-7-6-8-10-16;;;/h6-10,14,18-19H,11H2,1-5H3;2*1H;/q;;;+2/p-2. The van der Waals surface area contributed by atoms with Gasteiger partial charge in [0.25, 0.3) is 0 Å². The summed E-state index contributed by atoms with van der Waals surface area (Å²) in [5, 5.41) is 1.43. The Morgan fingerprint density at radius 1 is 1.17 bits per heavy atom. The van der Waals surface area contributed by atoms with Crippen molar-refractivity contribution in [2.24, 2.45) is 5.92 Å². The fourth-order valence-corrected chi connectivity index (χ4v) is 16.7. The van der Waals surface area contributed by atoms with Gasteiger partial charge in [-0.3, -0.25) is 0 Å². The molecule has 2 unspecified atom stereocenters. The molecule has 24 heavy (non-hydrogen) atoms. The summed E-state index contributed by atoms with van der Waals surface area (Å²) in [6, 6.07) is 12.1. The van der Waals surface area contributed by atoms with Crippen LogP contribution in [0.15, 0.2) is 52.6 Å². The van der Waals surface area contributed by atoms with E-state index in [9.17, 15) is 0 Å². The zero-order valence-electron chi connectivity index (χ0n) is 14.8. The summed E-state index contributed by atoms with van der Waals surface area (Å²) in [6.07, 6.45) is 0. The number of rotatable bonds is 3. The van der Waals surface area contributed by atoms with Crippen molar-refractivity contribution >= 4 is 57.9 Å². The van der Waals surface area contributed by atoms with Gasteiger partial charge in [-0.2, -0.15) is 9.94 Å². The van der Waals surface area contributed by atoms with E-state index in [1.807, 2.05) is 0 Å². The molecule has 0 N–H and O–H groups in total. The van der Waals surface area contributed by atoms with Crippen LogP contribution in [-0.4, -0.2) is 7.50 Å². The Bertz CT molecular complexity index is 711. The third kappa shape index (κ3) is 6.84. The second-order valence-electron chi connectivity index (χ2n) is 5.90. The first-order valence-corrected chi connectivity index (χ1v) is 21.4. The van der Waals surface area contributed by atoms with Crippen LogP contribution in [0.3, 0.4) is 0 Å². The second-order valence-corrected chi connectivity index (χ2v) is 20.8. The number of hydrogen-bond acceptors (Lipinski definition) is 0. The van der Waals surface area contributed by atoms with E-state index in [-0.39, 0.29) is 0 Å². The molecule has 1 aliphatic carbocycles. The molecule has 0 spiro atoms. The third-order valence-corrected chi connectivity index (χ3v) is 17.7. The Hall–Kier alpha value is 1.38. The molecule has 0 amide bonds. The molecule has 0 aliphatic heterocycles. The monoisotopic (exact) mass is 512 g/mol. The van der Waals surface area contributed by atoms with Gasteiger partial charge in [0.15, 0.2) is 0 Å². The Morgan fingerprint density at radius 2 is 1.71 bits per heavy atom. The topological polar surface area (TPSA) is 0 Å². The summed E-state index contributed by atoms with van der Waals surface area (Å²) in [4.78, 5) is 0. The zero-order chi connectivity index (χ0) is 18.3. The number of allylic oxidation sites excluding steroid dienone is 4.